The molecule has 0 aliphatic rings. The molecule has 2 aromatic rings. The van der Waals surface area contributed by atoms with Crippen LogP contribution in [0.4, 0.5) is 5.82 Å². The number of aromatic nitrogens is 4. The van der Waals surface area contributed by atoms with Gasteiger partial charge in [0.25, 0.3) is 0 Å². The van der Waals surface area contributed by atoms with Crippen molar-refractivity contribution < 1.29 is 4.84 Å². The minimum absolute atomic E-state index is 0.186. The highest BCUT2D eigenvalue weighted by Gasteiger charge is 2.08. The van der Waals surface area contributed by atoms with E-state index in [1.807, 2.05) is 7.05 Å². The van der Waals surface area contributed by atoms with Crippen LogP contribution in [0, 0.1) is 0 Å². The molecule has 0 aliphatic heterocycles. The number of hydrogen-bond donors (Lipinski definition) is 2. The third-order valence-corrected chi connectivity index (χ3v) is 2.68. The SMILES string of the molecule is CON(C)CCCNc1nc(Cl)nc2nc[nH]c12. The van der Waals surface area contributed by atoms with Gasteiger partial charge in [0.1, 0.15) is 5.52 Å². The molecule has 0 atom stereocenters. The van der Waals surface area contributed by atoms with E-state index < -0.39 is 0 Å². The van der Waals surface area contributed by atoms with Crippen molar-refractivity contribution in [2.75, 3.05) is 32.6 Å². The molecular weight excluding hydrogens is 256 g/mol. The molecule has 0 spiro atoms. The lowest BCUT2D eigenvalue weighted by atomic mass is 10.4. The number of hydroxylamine groups is 2. The van der Waals surface area contributed by atoms with Crippen LogP contribution >= 0.6 is 11.6 Å². The maximum absolute atomic E-state index is 5.82. The molecule has 2 heterocycles. The van der Waals surface area contributed by atoms with E-state index in [4.69, 9.17) is 16.4 Å². The summed E-state index contributed by atoms with van der Waals surface area (Å²) < 4.78 is 0. The summed E-state index contributed by atoms with van der Waals surface area (Å²) in [5.74, 6) is 0.669. The van der Waals surface area contributed by atoms with Gasteiger partial charge >= 0.3 is 0 Å². The summed E-state index contributed by atoms with van der Waals surface area (Å²) in [6, 6.07) is 0. The van der Waals surface area contributed by atoms with Crippen LogP contribution in [0.3, 0.4) is 0 Å². The summed E-state index contributed by atoms with van der Waals surface area (Å²) in [6.45, 7) is 1.59. The fourth-order valence-electron chi connectivity index (χ4n) is 1.53. The van der Waals surface area contributed by atoms with Gasteiger partial charge in [-0.3, -0.25) is 0 Å². The van der Waals surface area contributed by atoms with E-state index in [0.717, 1.165) is 25.0 Å². The number of aromatic amines is 1. The van der Waals surface area contributed by atoms with E-state index in [2.05, 4.69) is 25.3 Å². The van der Waals surface area contributed by atoms with Crippen LogP contribution < -0.4 is 5.32 Å². The standard InChI is InChI=1S/C10H15ClN6O/c1-17(18-2)5-3-4-12-8-7-9(14-6-13-7)16-10(11)15-8/h6H,3-5H2,1-2H3,(H2,12,13,14,15,16). The molecule has 2 aromatic heterocycles. The van der Waals surface area contributed by atoms with Gasteiger partial charge in [-0.15, -0.1) is 0 Å². The fraction of sp³-hybridized carbons (Fsp3) is 0.500. The summed E-state index contributed by atoms with van der Waals surface area (Å²) in [5.41, 5.74) is 1.33. The van der Waals surface area contributed by atoms with Crippen LogP contribution in [-0.4, -0.2) is 52.2 Å². The van der Waals surface area contributed by atoms with Gasteiger partial charge in [-0.1, -0.05) is 0 Å². The third kappa shape index (κ3) is 3.06. The summed E-state index contributed by atoms with van der Waals surface area (Å²) in [5, 5.41) is 5.16. The zero-order valence-electron chi connectivity index (χ0n) is 10.3. The first-order valence-electron chi connectivity index (χ1n) is 5.56. The number of halogens is 1. The Morgan fingerprint density at radius 2 is 2.33 bits per heavy atom. The quantitative estimate of drug-likeness (QED) is 0.468. The average molecular weight is 271 g/mol. The molecule has 0 aliphatic carbocycles. The molecule has 0 aromatic carbocycles. The first-order valence-corrected chi connectivity index (χ1v) is 5.94. The minimum atomic E-state index is 0.186. The van der Waals surface area contributed by atoms with Gasteiger partial charge in [0.2, 0.25) is 5.28 Å². The molecule has 8 heteroatoms. The zero-order chi connectivity index (χ0) is 13.0. The molecule has 7 nitrogen and oxygen atoms in total. The van der Waals surface area contributed by atoms with Gasteiger partial charge in [-0.2, -0.15) is 15.0 Å². The number of imidazole rings is 1. The van der Waals surface area contributed by atoms with Gasteiger partial charge in [0.05, 0.1) is 13.4 Å². The number of anilines is 1. The van der Waals surface area contributed by atoms with Crippen molar-refractivity contribution in [2.45, 2.75) is 6.42 Å². The van der Waals surface area contributed by atoms with E-state index >= 15 is 0 Å². The highest BCUT2D eigenvalue weighted by molar-refractivity contribution is 6.28. The molecule has 98 valence electrons. The number of hydrogen-bond acceptors (Lipinski definition) is 6. The number of fused-ring (bicyclic) bond motifs is 1. The summed E-state index contributed by atoms with van der Waals surface area (Å²) >= 11 is 5.82. The predicted molar refractivity (Wildman–Crippen MR) is 69.4 cm³/mol. The first-order chi connectivity index (χ1) is 8.70. The van der Waals surface area contributed by atoms with E-state index in [-0.39, 0.29) is 5.28 Å². The monoisotopic (exact) mass is 270 g/mol. The number of H-pyrrole nitrogens is 1. The molecule has 18 heavy (non-hydrogen) atoms. The lowest BCUT2D eigenvalue weighted by Gasteiger charge is -2.13. The smallest absolute Gasteiger partial charge is 0.226 e. The number of nitrogens with zero attached hydrogens (tertiary/aromatic N) is 4. The summed E-state index contributed by atoms with van der Waals surface area (Å²) in [7, 11) is 3.53. The number of rotatable bonds is 6. The van der Waals surface area contributed by atoms with Crippen LogP contribution in [-0.2, 0) is 4.84 Å². The van der Waals surface area contributed by atoms with Crippen LogP contribution in [0.2, 0.25) is 5.28 Å². The maximum atomic E-state index is 5.82. The zero-order valence-corrected chi connectivity index (χ0v) is 11.0. The van der Waals surface area contributed by atoms with Crippen molar-refractivity contribution in [1.29, 1.82) is 0 Å². The maximum Gasteiger partial charge on any atom is 0.226 e. The Balaban J connectivity index is 1.97. The van der Waals surface area contributed by atoms with E-state index in [0.29, 0.717) is 11.5 Å². The number of nitrogens with one attached hydrogen (secondary N) is 2. The predicted octanol–water partition coefficient (Wildman–Crippen LogP) is 1.30. The van der Waals surface area contributed by atoms with Gasteiger partial charge in [-0.05, 0) is 18.0 Å². The van der Waals surface area contributed by atoms with E-state index in [1.54, 1.807) is 18.5 Å². The lowest BCUT2D eigenvalue weighted by Crippen LogP contribution is -2.20. The molecule has 0 unspecified atom stereocenters. The fourth-order valence-corrected chi connectivity index (χ4v) is 1.70. The van der Waals surface area contributed by atoms with Crippen LogP contribution in [0.1, 0.15) is 6.42 Å². The Kier molecular flexibility index (Phi) is 4.29. The molecule has 0 saturated carbocycles. The Bertz CT molecular complexity index is 516. The molecule has 0 amide bonds. The molecule has 0 radical (unpaired) electrons. The third-order valence-electron chi connectivity index (χ3n) is 2.51. The van der Waals surface area contributed by atoms with Crippen molar-refractivity contribution in [3.05, 3.63) is 11.6 Å². The topological polar surface area (TPSA) is 79.0 Å². The lowest BCUT2D eigenvalue weighted by molar-refractivity contribution is -0.108. The van der Waals surface area contributed by atoms with Crippen molar-refractivity contribution in [1.82, 2.24) is 25.0 Å². The minimum Gasteiger partial charge on any atom is -0.368 e. The van der Waals surface area contributed by atoms with E-state index in [1.165, 1.54) is 0 Å². The normalized spacial score (nSPS) is 11.3. The highest BCUT2D eigenvalue weighted by atomic mass is 35.5. The largest absolute Gasteiger partial charge is 0.368 e. The summed E-state index contributed by atoms with van der Waals surface area (Å²) in [4.78, 5) is 20.2. The van der Waals surface area contributed by atoms with Crippen LogP contribution in [0.5, 0.6) is 0 Å². The van der Waals surface area contributed by atoms with Gasteiger partial charge in [0.15, 0.2) is 11.5 Å². The van der Waals surface area contributed by atoms with Crippen molar-refractivity contribution in [3.8, 4) is 0 Å². The Hall–Kier alpha value is -1.44. The molecule has 2 rings (SSSR count). The summed E-state index contributed by atoms with van der Waals surface area (Å²) in [6.07, 6.45) is 2.49. The molecular formula is C10H15ClN6O. The Morgan fingerprint density at radius 3 is 3.11 bits per heavy atom. The highest BCUT2D eigenvalue weighted by Crippen LogP contribution is 2.18. The van der Waals surface area contributed by atoms with Crippen LogP contribution in [0.15, 0.2) is 6.33 Å². The molecule has 0 fully saturated rings. The van der Waals surface area contributed by atoms with Crippen molar-refractivity contribution >= 4 is 28.6 Å². The first kappa shape index (κ1) is 13.0. The molecule has 0 saturated heterocycles. The van der Waals surface area contributed by atoms with Crippen molar-refractivity contribution in [3.63, 3.8) is 0 Å². The Morgan fingerprint density at radius 1 is 1.50 bits per heavy atom. The van der Waals surface area contributed by atoms with E-state index in [9.17, 15) is 0 Å². The Labute approximate surface area is 109 Å². The average Bonchev–Trinajstić information content (AvgIpc) is 2.81. The van der Waals surface area contributed by atoms with Gasteiger partial charge in [-0.25, -0.2) is 4.98 Å². The van der Waals surface area contributed by atoms with Gasteiger partial charge < -0.3 is 15.1 Å². The second-order valence-corrected chi connectivity index (χ2v) is 4.09. The second kappa shape index (κ2) is 5.94. The van der Waals surface area contributed by atoms with Gasteiger partial charge in [0, 0.05) is 20.1 Å². The van der Waals surface area contributed by atoms with Crippen molar-refractivity contribution in [2.24, 2.45) is 0 Å². The van der Waals surface area contributed by atoms with Crippen LogP contribution in [0.25, 0.3) is 11.2 Å². The second-order valence-electron chi connectivity index (χ2n) is 3.76. The molecule has 2 N–H and O–H groups in total. The molecule has 0 bridgehead atoms.